The summed E-state index contributed by atoms with van der Waals surface area (Å²) < 4.78 is 54.9. The van der Waals surface area contributed by atoms with Gasteiger partial charge in [-0.05, 0) is 50.5 Å². The minimum absolute atomic E-state index is 0.297. The van der Waals surface area contributed by atoms with Crippen LogP contribution in [0.2, 0.25) is 0 Å². The van der Waals surface area contributed by atoms with E-state index in [1.54, 1.807) is 24.3 Å². The van der Waals surface area contributed by atoms with Gasteiger partial charge in [-0.1, -0.05) is 12.1 Å². The molecule has 1 heterocycles. The fourth-order valence-electron chi connectivity index (χ4n) is 2.66. The molecule has 2 N–H and O–H groups in total. The minimum Gasteiger partial charge on any atom is -0.406 e. The van der Waals surface area contributed by atoms with E-state index in [2.05, 4.69) is 25.3 Å². The highest BCUT2D eigenvalue weighted by molar-refractivity contribution is 5.68. The number of nitrogens with zero attached hydrogens (tertiary/aromatic N) is 3. The van der Waals surface area contributed by atoms with Gasteiger partial charge in [-0.3, -0.25) is 0 Å². The van der Waals surface area contributed by atoms with Crippen LogP contribution in [0.1, 0.15) is 0 Å². The van der Waals surface area contributed by atoms with Gasteiger partial charge in [0.1, 0.15) is 17.4 Å². The number of ether oxygens (including phenoxy) is 1. The van der Waals surface area contributed by atoms with Crippen molar-refractivity contribution in [3.05, 3.63) is 60.4 Å². The number of likely N-dealkylation sites (N-methyl/N-ethyl adjacent to an activating group) is 1. The maximum Gasteiger partial charge on any atom is 0.573 e. The van der Waals surface area contributed by atoms with Crippen LogP contribution in [0.3, 0.4) is 0 Å². The number of nitrogens with one attached hydrogen (secondary N) is 2. The lowest BCUT2D eigenvalue weighted by Gasteiger charge is -2.14. The van der Waals surface area contributed by atoms with Gasteiger partial charge in [0.2, 0.25) is 5.95 Å². The summed E-state index contributed by atoms with van der Waals surface area (Å²) in [7, 11) is 3.85. The van der Waals surface area contributed by atoms with Gasteiger partial charge in [-0.2, -0.15) is 4.98 Å². The summed E-state index contributed by atoms with van der Waals surface area (Å²) in [6, 6.07) is 12.8. The van der Waals surface area contributed by atoms with E-state index in [1.807, 2.05) is 19.0 Å². The van der Waals surface area contributed by atoms with Gasteiger partial charge in [0.05, 0.1) is 5.69 Å². The summed E-state index contributed by atoms with van der Waals surface area (Å²) in [5, 5.41) is 6.15. The number of anilines is 3. The van der Waals surface area contributed by atoms with Gasteiger partial charge in [-0.25, -0.2) is 9.37 Å². The maximum absolute atomic E-state index is 13.2. The highest BCUT2D eigenvalue weighted by Gasteiger charge is 2.31. The second-order valence-electron chi connectivity index (χ2n) is 6.90. The third kappa shape index (κ3) is 7.10. The zero-order chi connectivity index (χ0) is 22.4. The van der Waals surface area contributed by atoms with Crippen molar-refractivity contribution >= 4 is 17.5 Å². The lowest BCUT2D eigenvalue weighted by Crippen LogP contribution is -2.21. The van der Waals surface area contributed by atoms with Crippen LogP contribution in [0.5, 0.6) is 5.75 Å². The molecule has 164 valence electrons. The summed E-state index contributed by atoms with van der Waals surface area (Å²) >= 11 is 0. The van der Waals surface area contributed by atoms with Crippen LogP contribution >= 0.6 is 0 Å². The first-order valence-corrected chi connectivity index (χ1v) is 9.34. The van der Waals surface area contributed by atoms with E-state index in [4.69, 9.17) is 0 Å². The Balaban J connectivity index is 1.92. The molecular weight excluding hydrogens is 414 g/mol. The van der Waals surface area contributed by atoms with Crippen molar-refractivity contribution in [3.63, 3.8) is 0 Å². The summed E-state index contributed by atoms with van der Waals surface area (Å²) in [5.41, 5.74) is 1.40. The minimum atomic E-state index is -4.79. The molecule has 0 saturated carbocycles. The van der Waals surface area contributed by atoms with E-state index < -0.39 is 6.36 Å². The summed E-state index contributed by atoms with van der Waals surface area (Å²) in [5.74, 6) is -0.0302. The molecule has 0 fully saturated rings. The predicted octanol–water partition coefficient (Wildman–Crippen LogP) is 4.90. The Bertz CT molecular complexity index is 1010. The molecule has 3 rings (SSSR count). The molecule has 0 unspecified atom stereocenters. The fourth-order valence-corrected chi connectivity index (χ4v) is 2.66. The molecule has 0 aliphatic heterocycles. The van der Waals surface area contributed by atoms with Gasteiger partial charge in [0.15, 0.2) is 0 Å². The van der Waals surface area contributed by atoms with E-state index in [1.165, 1.54) is 30.3 Å². The van der Waals surface area contributed by atoms with Gasteiger partial charge in [-0.15, -0.1) is 13.2 Å². The maximum atomic E-state index is 13.2. The first-order chi connectivity index (χ1) is 14.7. The molecule has 0 radical (unpaired) electrons. The SMILES string of the molecule is CN(C)CCNc1nc(Nc2ccc(F)cc2)cc(-c2cccc(OC(F)(F)F)c2)n1. The van der Waals surface area contributed by atoms with Crippen LogP contribution in [-0.4, -0.2) is 48.4 Å². The second-order valence-corrected chi connectivity index (χ2v) is 6.90. The molecule has 0 aliphatic rings. The lowest BCUT2D eigenvalue weighted by atomic mass is 10.1. The Morgan fingerprint density at radius 1 is 1.00 bits per heavy atom. The van der Waals surface area contributed by atoms with E-state index in [0.717, 1.165) is 6.54 Å². The smallest absolute Gasteiger partial charge is 0.406 e. The van der Waals surface area contributed by atoms with E-state index in [9.17, 15) is 17.6 Å². The highest BCUT2D eigenvalue weighted by atomic mass is 19.4. The van der Waals surface area contributed by atoms with Crippen LogP contribution in [-0.2, 0) is 0 Å². The number of hydrogen-bond acceptors (Lipinski definition) is 6. The quantitative estimate of drug-likeness (QED) is 0.491. The topological polar surface area (TPSA) is 62.3 Å². The third-order valence-corrected chi connectivity index (χ3v) is 4.05. The highest BCUT2D eigenvalue weighted by Crippen LogP contribution is 2.29. The monoisotopic (exact) mass is 435 g/mol. The number of rotatable bonds is 8. The molecule has 31 heavy (non-hydrogen) atoms. The molecule has 0 bridgehead atoms. The lowest BCUT2D eigenvalue weighted by molar-refractivity contribution is -0.274. The Hall–Kier alpha value is -3.40. The fraction of sp³-hybridized carbons (Fsp3) is 0.238. The van der Waals surface area contributed by atoms with E-state index >= 15 is 0 Å². The zero-order valence-corrected chi connectivity index (χ0v) is 16.9. The Labute approximate surface area is 176 Å². The Morgan fingerprint density at radius 3 is 2.42 bits per heavy atom. The van der Waals surface area contributed by atoms with Crippen LogP contribution in [0.4, 0.5) is 35.0 Å². The van der Waals surface area contributed by atoms with E-state index in [0.29, 0.717) is 35.3 Å². The summed E-state index contributed by atoms with van der Waals surface area (Å²) in [4.78, 5) is 10.8. The molecule has 10 heteroatoms. The molecule has 2 aromatic carbocycles. The van der Waals surface area contributed by atoms with Crippen molar-refractivity contribution in [2.45, 2.75) is 6.36 Å². The molecule has 6 nitrogen and oxygen atoms in total. The number of benzene rings is 2. The van der Waals surface area contributed by atoms with Crippen LogP contribution < -0.4 is 15.4 Å². The number of halogens is 4. The van der Waals surface area contributed by atoms with Gasteiger partial charge < -0.3 is 20.3 Å². The molecule has 0 amide bonds. The van der Waals surface area contributed by atoms with Gasteiger partial charge in [0.25, 0.3) is 0 Å². The van der Waals surface area contributed by atoms with Crippen LogP contribution in [0, 0.1) is 5.82 Å². The van der Waals surface area contributed by atoms with E-state index in [-0.39, 0.29) is 11.6 Å². The zero-order valence-electron chi connectivity index (χ0n) is 16.9. The van der Waals surface area contributed by atoms with Crippen LogP contribution in [0.15, 0.2) is 54.6 Å². The number of alkyl halides is 3. The number of hydrogen-bond donors (Lipinski definition) is 2. The largest absolute Gasteiger partial charge is 0.573 e. The second kappa shape index (κ2) is 9.61. The molecular formula is C21H21F4N5O. The summed E-state index contributed by atoms with van der Waals surface area (Å²) in [6.07, 6.45) is -4.79. The average Bonchev–Trinajstić information content (AvgIpc) is 2.68. The normalized spacial score (nSPS) is 11.5. The third-order valence-electron chi connectivity index (χ3n) is 4.05. The number of aromatic nitrogens is 2. The van der Waals surface area contributed by atoms with Gasteiger partial charge in [0, 0.05) is 30.4 Å². The standard InChI is InChI=1S/C21H21F4N5O/c1-30(2)11-10-26-20-28-18(14-4-3-5-17(12-14)31-21(23,24)25)13-19(29-20)27-16-8-6-15(22)7-9-16/h3-9,12-13H,10-11H2,1-2H3,(H2,26,27,28,29). The predicted molar refractivity (Wildman–Crippen MR) is 111 cm³/mol. The van der Waals surface area contributed by atoms with Crippen molar-refractivity contribution in [1.82, 2.24) is 14.9 Å². The Kier molecular flexibility index (Phi) is 6.91. The van der Waals surface area contributed by atoms with Crippen molar-refractivity contribution in [1.29, 1.82) is 0 Å². The van der Waals surface area contributed by atoms with Gasteiger partial charge >= 0.3 is 6.36 Å². The first kappa shape index (κ1) is 22.3. The van der Waals surface area contributed by atoms with Crippen molar-refractivity contribution in [2.75, 3.05) is 37.8 Å². The summed E-state index contributed by atoms with van der Waals surface area (Å²) in [6.45, 7) is 1.28. The average molecular weight is 435 g/mol. The van der Waals surface area contributed by atoms with Crippen molar-refractivity contribution in [3.8, 4) is 17.0 Å². The molecule has 3 aromatic rings. The van der Waals surface area contributed by atoms with Crippen molar-refractivity contribution < 1.29 is 22.3 Å². The first-order valence-electron chi connectivity index (χ1n) is 9.34. The molecule has 0 spiro atoms. The molecule has 1 aromatic heterocycles. The van der Waals surface area contributed by atoms with Crippen LogP contribution in [0.25, 0.3) is 11.3 Å². The van der Waals surface area contributed by atoms with Crippen molar-refractivity contribution in [2.24, 2.45) is 0 Å². The molecule has 0 aliphatic carbocycles. The molecule has 0 saturated heterocycles. The molecule has 0 atom stereocenters. The Morgan fingerprint density at radius 2 is 1.74 bits per heavy atom.